The molecule has 5 heterocycles. The van der Waals surface area contributed by atoms with Crippen LogP contribution in [0.5, 0.6) is 5.75 Å². The Morgan fingerprint density at radius 3 is 2.81 bits per heavy atom. The van der Waals surface area contributed by atoms with Gasteiger partial charge in [-0.25, -0.2) is 4.52 Å². The van der Waals surface area contributed by atoms with Crippen molar-refractivity contribution in [3.63, 3.8) is 0 Å². The Morgan fingerprint density at radius 2 is 2.06 bits per heavy atom. The van der Waals surface area contributed by atoms with E-state index in [0.717, 1.165) is 48.4 Å². The second-order valence-electron chi connectivity index (χ2n) is 8.14. The van der Waals surface area contributed by atoms with Gasteiger partial charge in [-0.05, 0) is 58.0 Å². The van der Waals surface area contributed by atoms with E-state index in [4.69, 9.17) is 9.84 Å². The highest BCUT2D eigenvalue weighted by atomic mass is 16.5. The van der Waals surface area contributed by atoms with E-state index in [-0.39, 0.29) is 6.10 Å². The maximum Gasteiger partial charge on any atom is 0.148 e. The monoisotopic (exact) mass is 427 g/mol. The molecule has 0 aromatic carbocycles. The summed E-state index contributed by atoms with van der Waals surface area (Å²) < 4.78 is 10.2. The van der Waals surface area contributed by atoms with Crippen molar-refractivity contribution in [2.45, 2.75) is 38.8 Å². The van der Waals surface area contributed by atoms with Gasteiger partial charge in [0.2, 0.25) is 0 Å². The van der Waals surface area contributed by atoms with Crippen LogP contribution in [-0.2, 0) is 0 Å². The Kier molecular flexibility index (Phi) is 5.33. The SMILES string of the molecule is Cc1c(-c2cc(O[C@H](C)c3ccccn3)c3c(C#N)cnn3c2)cnn1C1CCNCC1. The molecule has 5 rings (SSSR count). The van der Waals surface area contributed by atoms with Gasteiger partial charge in [0.15, 0.2) is 0 Å². The minimum atomic E-state index is -0.282. The molecule has 0 aliphatic carbocycles. The molecule has 0 bridgehead atoms. The number of ether oxygens (including phenoxy) is 1. The number of pyridine rings is 2. The molecule has 1 N–H and O–H groups in total. The van der Waals surface area contributed by atoms with E-state index in [9.17, 15) is 5.26 Å². The van der Waals surface area contributed by atoms with Crippen LogP contribution < -0.4 is 10.1 Å². The van der Waals surface area contributed by atoms with E-state index >= 15 is 0 Å². The first kappa shape index (κ1) is 20.2. The van der Waals surface area contributed by atoms with Crippen LogP contribution in [0.15, 0.2) is 49.1 Å². The normalized spacial score (nSPS) is 15.5. The van der Waals surface area contributed by atoms with Crippen molar-refractivity contribution < 1.29 is 4.74 Å². The predicted octanol–water partition coefficient (Wildman–Crippen LogP) is 3.84. The van der Waals surface area contributed by atoms with Crippen LogP contribution in [0.1, 0.15) is 48.9 Å². The Morgan fingerprint density at radius 1 is 1.22 bits per heavy atom. The van der Waals surface area contributed by atoms with Gasteiger partial charge >= 0.3 is 0 Å². The number of nitriles is 1. The van der Waals surface area contributed by atoms with Crippen LogP contribution in [0.2, 0.25) is 0 Å². The average molecular weight is 428 g/mol. The average Bonchev–Trinajstić information content (AvgIpc) is 3.43. The van der Waals surface area contributed by atoms with Crippen molar-refractivity contribution in [1.82, 2.24) is 29.7 Å². The van der Waals surface area contributed by atoms with Crippen molar-refractivity contribution in [1.29, 1.82) is 5.26 Å². The number of nitrogens with zero attached hydrogens (tertiary/aromatic N) is 6. The maximum absolute atomic E-state index is 9.59. The number of hydrogen-bond acceptors (Lipinski definition) is 6. The maximum atomic E-state index is 9.59. The number of nitrogens with one attached hydrogen (secondary N) is 1. The molecule has 32 heavy (non-hydrogen) atoms. The summed E-state index contributed by atoms with van der Waals surface area (Å²) in [6.07, 6.45) is 9.03. The fraction of sp³-hybridized carbons (Fsp3) is 0.333. The first-order chi connectivity index (χ1) is 15.7. The Hall–Kier alpha value is -3.70. The number of hydrogen-bond donors (Lipinski definition) is 1. The standard InChI is InChI=1S/C24H25N7O/c1-16-21(14-29-31(16)20-6-9-26-10-7-20)18-11-23(24-19(12-25)13-28-30(24)15-18)32-17(2)22-5-3-4-8-27-22/h3-5,8,11,13-15,17,20,26H,6-7,9-10H2,1-2H3/t17-/m1/s1. The highest BCUT2D eigenvalue weighted by molar-refractivity contribution is 5.76. The molecular weight excluding hydrogens is 402 g/mol. The van der Waals surface area contributed by atoms with Crippen molar-refractivity contribution in [3.8, 4) is 22.9 Å². The summed E-state index contributed by atoms with van der Waals surface area (Å²) in [5, 5.41) is 22.1. The molecular formula is C24H25N7O. The fourth-order valence-corrected chi connectivity index (χ4v) is 4.40. The summed E-state index contributed by atoms with van der Waals surface area (Å²) in [6.45, 7) is 6.08. The lowest BCUT2D eigenvalue weighted by Crippen LogP contribution is -2.30. The Balaban J connectivity index is 1.57. The van der Waals surface area contributed by atoms with Crippen molar-refractivity contribution in [3.05, 3.63) is 66.0 Å². The molecule has 0 saturated carbocycles. The van der Waals surface area contributed by atoms with Crippen LogP contribution in [0.4, 0.5) is 0 Å². The summed E-state index contributed by atoms with van der Waals surface area (Å²) in [4.78, 5) is 4.40. The summed E-state index contributed by atoms with van der Waals surface area (Å²) in [5.74, 6) is 0.601. The van der Waals surface area contributed by atoms with Crippen LogP contribution in [0.25, 0.3) is 16.6 Å². The molecule has 4 aromatic heterocycles. The first-order valence-electron chi connectivity index (χ1n) is 10.9. The van der Waals surface area contributed by atoms with Crippen LogP contribution in [0.3, 0.4) is 0 Å². The lowest BCUT2D eigenvalue weighted by atomic mass is 10.0. The topological polar surface area (TPSA) is 93.1 Å². The van der Waals surface area contributed by atoms with Gasteiger partial charge in [0, 0.05) is 29.2 Å². The summed E-state index contributed by atoms with van der Waals surface area (Å²) in [6, 6.07) is 10.4. The molecule has 0 unspecified atom stereocenters. The zero-order valence-corrected chi connectivity index (χ0v) is 18.2. The lowest BCUT2D eigenvalue weighted by Gasteiger charge is -2.24. The van der Waals surface area contributed by atoms with Gasteiger partial charge in [-0.15, -0.1) is 0 Å². The molecule has 0 amide bonds. The van der Waals surface area contributed by atoms with Gasteiger partial charge < -0.3 is 10.1 Å². The Bertz CT molecular complexity index is 1280. The largest absolute Gasteiger partial charge is 0.482 e. The quantitative estimate of drug-likeness (QED) is 0.520. The minimum absolute atomic E-state index is 0.282. The molecule has 0 radical (unpaired) electrons. The third-order valence-electron chi connectivity index (χ3n) is 6.12. The van der Waals surface area contributed by atoms with Gasteiger partial charge in [0.25, 0.3) is 0 Å². The molecule has 4 aromatic rings. The Labute approximate surface area is 186 Å². The van der Waals surface area contributed by atoms with Crippen LogP contribution in [0, 0.1) is 18.3 Å². The van der Waals surface area contributed by atoms with Gasteiger partial charge in [-0.1, -0.05) is 6.07 Å². The number of piperidine rings is 1. The van der Waals surface area contributed by atoms with E-state index in [1.54, 1.807) is 16.9 Å². The first-order valence-corrected chi connectivity index (χ1v) is 10.9. The molecule has 8 heteroatoms. The van der Waals surface area contributed by atoms with E-state index in [2.05, 4.69) is 33.1 Å². The fourth-order valence-electron chi connectivity index (χ4n) is 4.40. The number of rotatable bonds is 5. The third kappa shape index (κ3) is 3.61. The van der Waals surface area contributed by atoms with Crippen LogP contribution >= 0.6 is 0 Å². The molecule has 162 valence electrons. The number of fused-ring (bicyclic) bond motifs is 1. The van der Waals surface area contributed by atoms with E-state index in [1.165, 1.54) is 0 Å². The third-order valence-corrected chi connectivity index (χ3v) is 6.12. The second-order valence-corrected chi connectivity index (χ2v) is 8.14. The smallest absolute Gasteiger partial charge is 0.148 e. The molecule has 1 saturated heterocycles. The predicted molar refractivity (Wildman–Crippen MR) is 120 cm³/mol. The highest BCUT2D eigenvalue weighted by Gasteiger charge is 2.22. The molecule has 0 spiro atoms. The molecule has 1 fully saturated rings. The van der Waals surface area contributed by atoms with Gasteiger partial charge in [-0.2, -0.15) is 15.5 Å². The number of aromatic nitrogens is 5. The van der Waals surface area contributed by atoms with E-state index < -0.39 is 0 Å². The van der Waals surface area contributed by atoms with E-state index in [0.29, 0.717) is 22.9 Å². The minimum Gasteiger partial charge on any atom is -0.482 e. The summed E-state index contributed by atoms with van der Waals surface area (Å²) in [7, 11) is 0. The van der Waals surface area contributed by atoms with Crippen molar-refractivity contribution in [2.75, 3.05) is 13.1 Å². The van der Waals surface area contributed by atoms with E-state index in [1.807, 2.05) is 43.6 Å². The summed E-state index contributed by atoms with van der Waals surface area (Å²) in [5.41, 5.74) is 5.06. The van der Waals surface area contributed by atoms with Gasteiger partial charge in [0.05, 0.1) is 24.1 Å². The lowest BCUT2D eigenvalue weighted by molar-refractivity contribution is 0.224. The molecule has 1 atom stereocenters. The van der Waals surface area contributed by atoms with Crippen LogP contribution in [-0.4, -0.2) is 37.5 Å². The zero-order chi connectivity index (χ0) is 22.1. The van der Waals surface area contributed by atoms with Crippen molar-refractivity contribution >= 4 is 5.52 Å². The van der Waals surface area contributed by atoms with Crippen molar-refractivity contribution in [2.24, 2.45) is 0 Å². The summed E-state index contributed by atoms with van der Waals surface area (Å²) >= 11 is 0. The van der Waals surface area contributed by atoms with Gasteiger partial charge in [-0.3, -0.25) is 9.67 Å². The van der Waals surface area contributed by atoms with Gasteiger partial charge in [0.1, 0.15) is 29.0 Å². The molecule has 8 nitrogen and oxygen atoms in total. The highest BCUT2D eigenvalue weighted by Crippen LogP contribution is 2.34. The zero-order valence-electron chi connectivity index (χ0n) is 18.2. The molecule has 1 aliphatic heterocycles. The molecule has 1 aliphatic rings. The second kappa shape index (κ2) is 8.44.